The minimum absolute atomic E-state index is 0.801. The molecular formula is C15H24N2O. The largest absolute Gasteiger partial charge is 0.494 e. The van der Waals surface area contributed by atoms with E-state index in [2.05, 4.69) is 42.5 Å². The first kappa shape index (κ1) is 13.4. The van der Waals surface area contributed by atoms with Crippen molar-refractivity contribution in [3.8, 4) is 5.75 Å². The number of ether oxygens (including phenoxy) is 1. The van der Waals surface area contributed by atoms with E-state index in [-0.39, 0.29) is 0 Å². The summed E-state index contributed by atoms with van der Waals surface area (Å²) in [5.41, 5.74) is 2.92. The van der Waals surface area contributed by atoms with Crippen LogP contribution in [0.2, 0.25) is 0 Å². The summed E-state index contributed by atoms with van der Waals surface area (Å²) in [4.78, 5) is 2.19. The summed E-state index contributed by atoms with van der Waals surface area (Å²) in [7, 11) is 4.19. The molecule has 0 spiro atoms. The van der Waals surface area contributed by atoms with E-state index in [1.807, 2.05) is 0 Å². The molecule has 3 nitrogen and oxygen atoms in total. The van der Waals surface area contributed by atoms with Crippen molar-refractivity contribution in [3.05, 3.63) is 29.3 Å². The molecule has 1 aliphatic rings. The molecule has 1 aromatic carbocycles. The lowest BCUT2D eigenvalue weighted by Gasteiger charge is -2.12. The number of hydrogen-bond donors (Lipinski definition) is 1. The average molecular weight is 248 g/mol. The minimum atomic E-state index is 0.801. The molecule has 3 heteroatoms. The molecule has 0 aliphatic carbocycles. The molecule has 0 bridgehead atoms. The van der Waals surface area contributed by atoms with Gasteiger partial charge in [-0.2, -0.15) is 0 Å². The lowest BCUT2D eigenvalue weighted by molar-refractivity contribution is 0.281. The summed E-state index contributed by atoms with van der Waals surface area (Å²) >= 11 is 0. The van der Waals surface area contributed by atoms with Crippen LogP contribution in [0.1, 0.15) is 17.5 Å². The molecule has 1 aliphatic heterocycles. The summed E-state index contributed by atoms with van der Waals surface area (Å²) in [6, 6.07) is 6.56. The second-order valence-corrected chi connectivity index (χ2v) is 5.19. The SMILES string of the molecule is CN(C)CCCOc1ccc2c(c1)CCNCC2. The molecule has 1 N–H and O–H groups in total. The van der Waals surface area contributed by atoms with Crippen molar-refractivity contribution in [2.24, 2.45) is 0 Å². The molecule has 0 aromatic heterocycles. The van der Waals surface area contributed by atoms with Gasteiger partial charge < -0.3 is 15.0 Å². The van der Waals surface area contributed by atoms with Crippen molar-refractivity contribution in [2.45, 2.75) is 19.3 Å². The Hall–Kier alpha value is -1.06. The average Bonchev–Trinajstić information content (AvgIpc) is 2.59. The van der Waals surface area contributed by atoms with Crippen LogP contribution in [0.4, 0.5) is 0 Å². The van der Waals surface area contributed by atoms with Gasteiger partial charge in [0.25, 0.3) is 0 Å². The first-order valence-corrected chi connectivity index (χ1v) is 6.86. The Morgan fingerprint density at radius 1 is 1.17 bits per heavy atom. The molecule has 0 fully saturated rings. The number of fused-ring (bicyclic) bond motifs is 1. The van der Waals surface area contributed by atoms with E-state index < -0.39 is 0 Å². The zero-order chi connectivity index (χ0) is 12.8. The van der Waals surface area contributed by atoms with Gasteiger partial charge in [-0.25, -0.2) is 0 Å². The lowest BCUT2D eigenvalue weighted by Crippen LogP contribution is -2.16. The Balaban J connectivity index is 1.88. The van der Waals surface area contributed by atoms with Gasteiger partial charge in [-0.15, -0.1) is 0 Å². The van der Waals surface area contributed by atoms with Crippen LogP contribution in [-0.4, -0.2) is 45.2 Å². The fourth-order valence-corrected chi connectivity index (χ4v) is 2.31. The van der Waals surface area contributed by atoms with Gasteiger partial charge >= 0.3 is 0 Å². The van der Waals surface area contributed by atoms with Crippen LogP contribution < -0.4 is 10.1 Å². The molecule has 0 unspecified atom stereocenters. The highest BCUT2D eigenvalue weighted by Gasteiger charge is 2.08. The van der Waals surface area contributed by atoms with Crippen LogP contribution in [0.15, 0.2) is 18.2 Å². The van der Waals surface area contributed by atoms with Crippen LogP contribution in [0.5, 0.6) is 5.75 Å². The molecule has 0 saturated carbocycles. The number of benzene rings is 1. The molecule has 18 heavy (non-hydrogen) atoms. The Morgan fingerprint density at radius 2 is 1.94 bits per heavy atom. The fourth-order valence-electron chi connectivity index (χ4n) is 2.31. The molecule has 0 radical (unpaired) electrons. The Morgan fingerprint density at radius 3 is 2.72 bits per heavy atom. The molecule has 2 rings (SSSR count). The van der Waals surface area contributed by atoms with E-state index in [0.717, 1.165) is 51.3 Å². The van der Waals surface area contributed by atoms with E-state index in [4.69, 9.17) is 4.74 Å². The van der Waals surface area contributed by atoms with Gasteiger partial charge in [0.15, 0.2) is 0 Å². The lowest BCUT2D eigenvalue weighted by atomic mass is 10.0. The smallest absolute Gasteiger partial charge is 0.119 e. The maximum absolute atomic E-state index is 5.82. The Bertz CT molecular complexity index is 377. The van der Waals surface area contributed by atoms with E-state index in [1.54, 1.807) is 0 Å². The second-order valence-electron chi connectivity index (χ2n) is 5.19. The van der Waals surface area contributed by atoms with Gasteiger partial charge in [0.05, 0.1) is 6.61 Å². The van der Waals surface area contributed by atoms with Gasteiger partial charge in [0.1, 0.15) is 5.75 Å². The first-order chi connectivity index (χ1) is 8.75. The van der Waals surface area contributed by atoms with Crippen LogP contribution >= 0.6 is 0 Å². The maximum atomic E-state index is 5.82. The fraction of sp³-hybridized carbons (Fsp3) is 0.600. The van der Waals surface area contributed by atoms with E-state index in [1.165, 1.54) is 11.1 Å². The molecule has 0 saturated heterocycles. The third kappa shape index (κ3) is 4.00. The van der Waals surface area contributed by atoms with Crippen molar-refractivity contribution in [3.63, 3.8) is 0 Å². The van der Waals surface area contributed by atoms with Crippen LogP contribution in [-0.2, 0) is 12.8 Å². The quantitative estimate of drug-likeness (QED) is 0.803. The van der Waals surface area contributed by atoms with Crippen molar-refractivity contribution in [2.75, 3.05) is 40.3 Å². The number of nitrogens with one attached hydrogen (secondary N) is 1. The maximum Gasteiger partial charge on any atom is 0.119 e. The number of hydrogen-bond acceptors (Lipinski definition) is 3. The van der Waals surface area contributed by atoms with E-state index >= 15 is 0 Å². The summed E-state index contributed by atoms with van der Waals surface area (Å²) in [5, 5.41) is 3.43. The highest BCUT2D eigenvalue weighted by Crippen LogP contribution is 2.20. The Kier molecular flexibility index (Phi) is 5.02. The third-order valence-electron chi connectivity index (χ3n) is 3.34. The van der Waals surface area contributed by atoms with Crippen molar-refractivity contribution in [1.82, 2.24) is 10.2 Å². The third-order valence-corrected chi connectivity index (χ3v) is 3.34. The van der Waals surface area contributed by atoms with Gasteiger partial charge in [-0.3, -0.25) is 0 Å². The highest BCUT2D eigenvalue weighted by molar-refractivity contribution is 5.36. The van der Waals surface area contributed by atoms with E-state index in [0.29, 0.717) is 0 Å². The van der Waals surface area contributed by atoms with Crippen molar-refractivity contribution < 1.29 is 4.74 Å². The van der Waals surface area contributed by atoms with Crippen molar-refractivity contribution in [1.29, 1.82) is 0 Å². The molecule has 1 heterocycles. The summed E-state index contributed by atoms with van der Waals surface area (Å²) < 4.78 is 5.82. The van der Waals surface area contributed by atoms with Gasteiger partial charge in [0, 0.05) is 6.54 Å². The monoisotopic (exact) mass is 248 g/mol. The van der Waals surface area contributed by atoms with Crippen LogP contribution in [0, 0.1) is 0 Å². The topological polar surface area (TPSA) is 24.5 Å². The molecule has 0 atom stereocenters. The second kappa shape index (κ2) is 6.76. The van der Waals surface area contributed by atoms with Gasteiger partial charge in [-0.1, -0.05) is 6.07 Å². The van der Waals surface area contributed by atoms with Crippen LogP contribution in [0.3, 0.4) is 0 Å². The van der Waals surface area contributed by atoms with Crippen LogP contribution in [0.25, 0.3) is 0 Å². The summed E-state index contributed by atoms with van der Waals surface area (Å²) in [5.74, 6) is 1.02. The summed E-state index contributed by atoms with van der Waals surface area (Å²) in [6.07, 6.45) is 3.33. The Labute approximate surface area is 110 Å². The number of rotatable bonds is 5. The zero-order valence-corrected chi connectivity index (χ0v) is 11.5. The molecule has 1 aromatic rings. The standard InChI is InChI=1S/C15H24N2O/c1-17(2)10-3-11-18-15-5-4-13-6-8-16-9-7-14(13)12-15/h4-5,12,16H,3,6-11H2,1-2H3. The van der Waals surface area contributed by atoms with E-state index in [9.17, 15) is 0 Å². The molecule has 100 valence electrons. The minimum Gasteiger partial charge on any atom is -0.494 e. The van der Waals surface area contributed by atoms with Crippen molar-refractivity contribution >= 4 is 0 Å². The summed E-state index contributed by atoms with van der Waals surface area (Å²) in [6.45, 7) is 4.05. The number of nitrogens with zero attached hydrogens (tertiary/aromatic N) is 1. The zero-order valence-electron chi connectivity index (χ0n) is 11.5. The highest BCUT2D eigenvalue weighted by atomic mass is 16.5. The normalized spacial score (nSPS) is 15.3. The predicted octanol–water partition coefficient (Wildman–Crippen LogP) is 1.71. The molecule has 0 amide bonds. The predicted molar refractivity (Wildman–Crippen MR) is 75.4 cm³/mol. The first-order valence-electron chi connectivity index (χ1n) is 6.86. The van der Waals surface area contributed by atoms with Gasteiger partial charge in [0.2, 0.25) is 0 Å². The molecular weight excluding hydrogens is 224 g/mol. The van der Waals surface area contributed by atoms with Gasteiger partial charge in [-0.05, 0) is 69.7 Å².